The molecule has 0 unspecified atom stereocenters. The van der Waals surface area contributed by atoms with Gasteiger partial charge in [0.15, 0.2) is 0 Å². The van der Waals surface area contributed by atoms with E-state index in [-0.39, 0.29) is 18.1 Å². The van der Waals surface area contributed by atoms with Gasteiger partial charge in [-0.15, -0.1) is 0 Å². The van der Waals surface area contributed by atoms with E-state index < -0.39 is 0 Å². The Kier molecular flexibility index (Phi) is 3.74. The molecule has 0 aromatic heterocycles. The molecule has 3 rings (SSSR count). The van der Waals surface area contributed by atoms with E-state index in [9.17, 15) is 5.11 Å². The molecule has 0 amide bonds. The van der Waals surface area contributed by atoms with E-state index in [1.165, 1.54) is 38.5 Å². The molecule has 0 radical (unpaired) electrons. The Morgan fingerprint density at radius 1 is 1.16 bits per heavy atom. The van der Waals surface area contributed by atoms with Crippen molar-refractivity contribution in [3.63, 3.8) is 0 Å². The van der Waals surface area contributed by atoms with Gasteiger partial charge < -0.3 is 9.84 Å². The lowest BCUT2D eigenvalue weighted by atomic mass is 9.62. The number of hydrogen-bond donors (Lipinski definition) is 1. The number of fused-ring (bicyclic) bond motifs is 3. The van der Waals surface area contributed by atoms with Gasteiger partial charge in [0.25, 0.3) is 0 Å². The van der Waals surface area contributed by atoms with Crippen molar-refractivity contribution in [2.24, 2.45) is 23.2 Å². The summed E-state index contributed by atoms with van der Waals surface area (Å²) in [5.41, 5.74) is -0.115. The van der Waals surface area contributed by atoms with Gasteiger partial charge in [0.2, 0.25) is 0 Å². The molecular weight excluding hydrogens is 236 g/mol. The Morgan fingerprint density at radius 3 is 2.74 bits per heavy atom. The molecule has 0 bridgehead atoms. The van der Waals surface area contributed by atoms with Gasteiger partial charge in [-0.3, -0.25) is 0 Å². The number of aliphatic hydroxyl groups excluding tert-OH is 1. The van der Waals surface area contributed by atoms with E-state index in [0.29, 0.717) is 17.9 Å². The van der Waals surface area contributed by atoms with Gasteiger partial charge >= 0.3 is 0 Å². The van der Waals surface area contributed by atoms with Crippen LogP contribution < -0.4 is 0 Å². The molecule has 0 spiro atoms. The Morgan fingerprint density at radius 2 is 1.95 bits per heavy atom. The molecule has 2 aliphatic carbocycles. The van der Waals surface area contributed by atoms with E-state index in [1.54, 1.807) is 0 Å². The molecule has 0 aromatic rings. The summed E-state index contributed by atoms with van der Waals surface area (Å²) in [5, 5.41) is 9.73. The van der Waals surface area contributed by atoms with Crippen LogP contribution >= 0.6 is 0 Å². The molecule has 2 fully saturated rings. The van der Waals surface area contributed by atoms with Gasteiger partial charge in [0, 0.05) is 5.41 Å². The Balaban J connectivity index is 1.88. The molecule has 1 N–H and O–H groups in total. The lowest BCUT2D eigenvalue weighted by Crippen LogP contribution is -2.54. The second-order valence-electron chi connectivity index (χ2n) is 7.44. The zero-order chi connectivity index (χ0) is 13.5. The van der Waals surface area contributed by atoms with E-state index >= 15 is 0 Å². The van der Waals surface area contributed by atoms with Gasteiger partial charge in [0.1, 0.15) is 0 Å². The highest BCUT2D eigenvalue weighted by atomic mass is 16.5. The van der Waals surface area contributed by atoms with Crippen molar-refractivity contribution in [2.45, 2.75) is 64.6 Å². The van der Waals surface area contributed by atoms with Crippen molar-refractivity contribution >= 4 is 0 Å². The van der Waals surface area contributed by atoms with Gasteiger partial charge in [-0.1, -0.05) is 38.8 Å². The topological polar surface area (TPSA) is 29.5 Å². The van der Waals surface area contributed by atoms with Gasteiger partial charge in [0.05, 0.1) is 18.8 Å². The molecule has 1 heterocycles. The third-order valence-electron chi connectivity index (χ3n) is 5.66. The molecule has 1 saturated carbocycles. The van der Waals surface area contributed by atoms with Crippen LogP contribution in [0, 0.1) is 23.2 Å². The van der Waals surface area contributed by atoms with Crippen LogP contribution in [0.5, 0.6) is 0 Å². The molecule has 2 heteroatoms. The molecule has 3 aliphatic rings. The highest BCUT2D eigenvalue weighted by molar-refractivity contribution is 5.08. The van der Waals surface area contributed by atoms with Crippen LogP contribution in [0.1, 0.15) is 52.4 Å². The first kappa shape index (κ1) is 13.6. The molecule has 19 heavy (non-hydrogen) atoms. The van der Waals surface area contributed by atoms with Crippen molar-refractivity contribution in [3.8, 4) is 0 Å². The van der Waals surface area contributed by atoms with Crippen LogP contribution in [0.25, 0.3) is 0 Å². The van der Waals surface area contributed by atoms with Crippen molar-refractivity contribution in [1.29, 1.82) is 0 Å². The molecule has 1 aliphatic heterocycles. The summed E-state index contributed by atoms with van der Waals surface area (Å²) in [6.07, 6.45) is 13.2. The van der Waals surface area contributed by atoms with Gasteiger partial charge in [-0.05, 0) is 43.4 Å². The highest BCUT2D eigenvalue weighted by Crippen LogP contribution is 2.50. The minimum Gasteiger partial charge on any atom is -0.396 e. The molecule has 5 atom stereocenters. The lowest BCUT2D eigenvalue weighted by molar-refractivity contribution is -0.195. The number of aliphatic hydroxyl groups is 1. The number of hydrogen-bond acceptors (Lipinski definition) is 2. The zero-order valence-electron chi connectivity index (χ0n) is 12.3. The third kappa shape index (κ3) is 2.38. The van der Waals surface area contributed by atoms with Gasteiger partial charge in [-0.2, -0.15) is 0 Å². The Bertz CT molecular complexity index is 347. The Labute approximate surface area is 117 Å². The lowest BCUT2D eigenvalue weighted by Gasteiger charge is -2.53. The maximum Gasteiger partial charge on any atom is 0.0685 e. The van der Waals surface area contributed by atoms with Crippen LogP contribution in [0.15, 0.2) is 12.2 Å². The first-order valence-corrected chi connectivity index (χ1v) is 8.06. The van der Waals surface area contributed by atoms with Crippen LogP contribution in [-0.2, 0) is 4.74 Å². The van der Waals surface area contributed by atoms with E-state index in [0.717, 1.165) is 5.92 Å². The largest absolute Gasteiger partial charge is 0.396 e. The predicted octanol–water partition coefficient (Wildman–Crippen LogP) is 3.54. The monoisotopic (exact) mass is 264 g/mol. The second-order valence-corrected chi connectivity index (χ2v) is 7.44. The standard InChI is InChI=1S/C17H28O2/c1-17(2,11-18)16-14-9-4-3-7-12(14)13-8-5-6-10-15(13)19-16/h3,7,12-16,18H,4-6,8-11H2,1-2H3/t12-,13-,14-,15-,16-/m1/s1. The smallest absolute Gasteiger partial charge is 0.0685 e. The summed E-state index contributed by atoms with van der Waals surface area (Å²) < 4.78 is 6.52. The fourth-order valence-corrected chi connectivity index (χ4v) is 4.57. The van der Waals surface area contributed by atoms with Crippen LogP contribution in [0.4, 0.5) is 0 Å². The molecule has 2 nitrogen and oxygen atoms in total. The minimum atomic E-state index is -0.115. The summed E-state index contributed by atoms with van der Waals surface area (Å²) in [4.78, 5) is 0. The second kappa shape index (κ2) is 5.21. The van der Waals surface area contributed by atoms with Crippen molar-refractivity contribution in [3.05, 3.63) is 12.2 Å². The minimum absolute atomic E-state index is 0.115. The Hall–Kier alpha value is -0.340. The number of ether oxygens (including phenoxy) is 1. The summed E-state index contributed by atoms with van der Waals surface area (Å²) in [6.45, 7) is 4.55. The van der Waals surface area contributed by atoms with E-state index in [4.69, 9.17) is 4.74 Å². The summed E-state index contributed by atoms with van der Waals surface area (Å²) in [5.74, 6) is 2.05. The van der Waals surface area contributed by atoms with Crippen LogP contribution in [-0.4, -0.2) is 23.9 Å². The summed E-state index contributed by atoms with van der Waals surface area (Å²) in [6, 6.07) is 0. The van der Waals surface area contributed by atoms with Gasteiger partial charge in [-0.25, -0.2) is 0 Å². The van der Waals surface area contributed by atoms with Crippen molar-refractivity contribution in [1.82, 2.24) is 0 Å². The first-order chi connectivity index (χ1) is 9.13. The third-order valence-corrected chi connectivity index (χ3v) is 5.66. The molecule has 108 valence electrons. The molecule has 1 saturated heterocycles. The maximum absolute atomic E-state index is 9.73. The predicted molar refractivity (Wildman–Crippen MR) is 76.8 cm³/mol. The van der Waals surface area contributed by atoms with Crippen LogP contribution in [0.2, 0.25) is 0 Å². The highest BCUT2D eigenvalue weighted by Gasteiger charge is 2.49. The van der Waals surface area contributed by atoms with Crippen molar-refractivity contribution in [2.75, 3.05) is 6.61 Å². The normalized spacial score (nSPS) is 42.6. The summed E-state index contributed by atoms with van der Waals surface area (Å²) in [7, 11) is 0. The van der Waals surface area contributed by atoms with Crippen molar-refractivity contribution < 1.29 is 9.84 Å². The van der Waals surface area contributed by atoms with Crippen LogP contribution in [0.3, 0.4) is 0 Å². The average Bonchev–Trinajstić information content (AvgIpc) is 2.46. The molecule has 0 aromatic carbocycles. The number of allylic oxidation sites excluding steroid dienone is 2. The zero-order valence-corrected chi connectivity index (χ0v) is 12.3. The molecular formula is C17H28O2. The maximum atomic E-state index is 9.73. The average molecular weight is 264 g/mol. The summed E-state index contributed by atoms with van der Waals surface area (Å²) >= 11 is 0. The van der Waals surface area contributed by atoms with E-state index in [2.05, 4.69) is 26.0 Å². The first-order valence-electron chi connectivity index (χ1n) is 8.06. The fraction of sp³-hybridized carbons (Fsp3) is 0.882. The van der Waals surface area contributed by atoms with E-state index in [1.807, 2.05) is 0 Å². The number of rotatable bonds is 2. The fourth-order valence-electron chi connectivity index (χ4n) is 4.57. The SMILES string of the molecule is CC(C)(CO)[C@@H]1O[C@@H]2CCCC[C@@H]2[C@H]2C=CCC[C@H]21. The quantitative estimate of drug-likeness (QED) is 0.773.